The Hall–Kier alpha value is -2.89. The van der Waals surface area contributed by atoms with Crippen molar-refractivity contribution >= 4 is 27.0 Å². The number of rotatable bonds is 6. The molecule has 1 aliphatic heterocycles. The lowest BCUT2D eigenvalue weighted by molar-refractivity contribution is -0.119. The number of carbonyl (C=O) groups is 1. The molecule has 1 aromatic carbocycles. The van der Waals surface area contributed by atoms with Gasteiger partial charge in [0.2, 0.25) is 11.7 Å². The van der Waals surface area contributed by atoms with Gasteiger partial charge in [0.15, 0.2) is 11.6 Å². The zero-order valence-electron chi connectivity index (χ0n) is 18.3. The lowest BCUT2D eigenvalue weighted by atomic mass is 9.78. The van der Waals surface area contributed by atoms with Crippen molar-refractivity contribution in [1.29, 1.82) is 4.78 Å². The van der Waals surface area contributed by atoms with Crippen LogP contribution in [-0.2, 0) is 14.5 Å². The van der Waals surface area contributed by atoms with E-state index in [0.29, 0.717) is 19.3 Å². The molecule has 0 bridgehead atoms. The second-order valence-corrected chi connectivity index (χ2v) is 10.8. The van der Waals surface area contributed by atoms with E-state index in [1.165, 1.54) is 29.5 Å². The molecular weight excluding hydrogens is 476 g/mol. The number of benzene rings is 1. The van der Waals surface area contributed by atoms with Crippen molar-refractivity contribution in [2.45, 2.75) is 49.8 Å². The van der Waals surface area contributed by atoms with Crippen LogP contribution in [0.3, 0.4) is 0 Å². The first kappa shape index (κ1) is 24.2. The number of hydrogen-bond donors (Lipinski definition) is 2. The van der Waals surface area contributed by atoms with Crippen LogP contribution < -0.4 is 15.0 Å². The molecule has 7 nitrogen and oxygen atoms in total. The molecule has 2 atom stereocenters. The zero-order valence-corrected chi connectivity index (χ0v) is 19.1. The number of nitrogens with one attached hydrogen (secondary N) is 2. The standard InChI is InChI=1S/C22H24F4N4O3S/c1-34(27,32)16-12-13(6-10-28-16)29-20(31)19-22(7-2-3-8-22)9-11-30(19)15-5-4-14(23)17(24)18(15)33-21(25)26/h4-6,10,12,19,21,27H,2-3,7-9,11H2,1H3,(H,28,29,31)/t19?,34-/m1/s1. The molecule has 2 aromatic rings. The highest BCUT2D eigenvalue weighted by Gasteiger charge is 2.53. The van der Waals surface area contributed by atoms with E-state index < -0.39 is 51.1 Å². The van der Waals surface area contributed by atoms with Gasteiger partial charge in [-0.25, -0.2) is 18.4 Å². The van der Waals surface area contributed by atoms with Gasteiger partial charge in [0.1, 0.15) is 11.1 Å². The summed E-state index contributed by atoms with van der Waals surface area (Å²) in [5.41, 5.74) is -0.326. The quantitative estimate of drug-likeness (QED) is 0.557. The van der Waals surface area contributed by atoms with Crippen molar-refractivity contribution in [1.82, 2.24) is 4.98 Å². The van der Waals surface area contributed by atoms with Gasteiger partial charge in [0.25, 0.3) is 0 Å². The number of halogens is 4. The van der Waals surface area contributed by atoms with Gasteiger partial charge >= 0.3 is 6.61 Å². The van der Waals surface area contributed by atoms with Crippen molar-refractivity contribution in [3.05, 3.63) is 42.1 Å². The van der Waals surface area contributed by atoms with Gasteiger partial charge in [-0.05, 0) is 43.5 Å². The van der Waals surface area contributed by atoms with Gasteiger partial charge in [0.05, 0.1) is 15.4 Å². The Balaban J connectivity index is 1.73. The topological polar surface area (TPSA) is 95.4 Å². The summed E-state index contributed by atoms with van der Waals surface area (Å²) in [4.78, 5) is 19.0. The predicted octanol–water partition coefficient (Wildman–Crippen LogP) is 4.77. The first-order chi connectivity index (χ1) is 16.0. The van der Waals surface area contributed by atoms with Crippen molar-refractivity contribution < 1.29 is 31.3 Å². The van der Waals surface area contributed by atoms with E-state index in [1.807, 2.05) is 0 Å². The molecule has 0 radical (unpaired) electrons. The molecule has 1 saturated heterocycles. The molecule has 1 spiro atoms. The van der Waals surface area contributed by atoms with E-state index in [4.69, 9.17) is 4.78 Å². The van der Waals surface area contributed by atoms with Crippen LogP contribution in [0.5, 0.6) is 5.75 Å². The number of amides is 1. The van der Waals surface area contributed by atoms with Gasteiger partial charge in [-0.1, -0.05) is 12.8 Å². The van der Waals surface area contributed by atoms with E-state index in [-0.39, 0.29) is 22.9 Å². The first-order valence-electron chi connectivity index (χ1n) is 10.7. The third-order valence-corrected chi connectivity index (χ3v) is 7.56. The van der Waals surface area contributed by atoms with Gasteiger partial charge in [-0.15, -0.1) is 0 Å². The number of ether oxygens (including phenoxy) is 1. The van der Waals surface area contributed by atoms with Crippen LogP contribution in [0.1, 0.15) is 32.1 Å². The normalized spacial score (nSPS) is 21.1. The Bertz CT molecular complexity index is 1200. The van der Waals surface area contributed by atoms with Gasteiger partial charge < -0.3 is 15.0 Å². The van der Waals surface area contributed by atoms with Gasteiger partial charge in [0, 0.05) is 30.1 Å². The second kappa shape index (κ2) is 9.05. The maximum atomic E-state index is 14.5. The van der Waals surface area contributed by atoms with Crippen LogP contribution in [0.15, 0.2) is 35.5 Å². The molecular formula is C22H24F4N4O3S. The van der Waals surface area contributed by atoms with Crippen molar-refractivity contribution in [2.24, 2.45) is 5.41 Å². The third-order valence-electron chi connectivity index (χ3n) is 6.54. The molecule has 1 amide bonds. The number of nitrogens with zero attached hydrogens (tertiary/aromatic N) is 2. The summed E-state index contributed by atoms with van der Waals surface area (Å²) in [7, 11) is -3.12. The van der Waals surface area contributed by atoms with Crippen LogP contribution in [0.25, 0.3) is 0 Å². The van der Waals surface area contributed by atoms with Gasteiger partial charge in [-0.2, -0.15) is 13.2 Å². The average Bonchev–Trinajstić information content (AvgIpc) is 3.38. The highest BCUT2D eigenvalue weighted by atomic mass is 32.2. The Morgan fingerprint density at radius 2 is 1.97 bits per heavy atom. The Labute approximate surface area is 194 Å². The molecule has 12 heteroatoms. The SMILES string of the molecule is C[S@@](=N)(=O)c1cc(NC(=O)C2N(c3ccc(F)c(F)c3OC(F)F)CCC23CCCC3)ccn1. The van der Waals surface area contributed by atoms with Crippen molar-refractivity contribution in [2.75, 3.05) is 23.0 Å². The molecule has 2 heterocycles. The molecule has 4 rings (SSSR count). The van der Waals surface area contributed by atoms with Crippen LogP contribution >= 0.6 is 0 Å². The summed E-state index contributed by atoms with van der Waals surface area (Å²) in [6.07, 6.45) is 6.29. The highest BCUT2D eigenvalue weighted by Crippen LogP contribution is 2.52. The van der Waals surface area contributed by atoms with Crippen LogP contribution in [-0.4, -0.2) is 40.6 Å². The summed E-state index contributed by atoms with van der Waals surface area (Å²) in [6.45, 7) is -3.12. The monoisotopic (exact) mass is 500 g/mol. The summed E-state index contributed by atoms with van der Waals surface area (Å²) in [6, 6.07) is 3.92. The Kier molecular flexibility index (Phi) is 6.45. The molecule has 1 saturated carbocycles. The molecule has 34 heavy (non-hydrogen) atoms. The molecule has 1 aromatic heterocycles. The maximum Gasteiger partial charge on any atom is 0.387 e. The number of hydrogen-bond acceptors (Lipinski definition) is 6. The minimum absolute atomic E-state index is 0.00242. The van der Waals surface area contributed by atoms with Crippen molar-refractivity contribution in [3.63, 3.8) is 0 Å². The number of aromatic nitrogens is 1. The third kappa shape index (κ3) is 4.55. The summed E-state index contributed by atoms with van der Waals surface area (Å²) in [5, 5.41) is 2.74. The fourth-order valence-corrected chi connectivity index (χ4v) is 5.70. The second-order valence-electron chi connectivity index (χ2n) is 8.72. The smallest absolute Gasteiger partial charge is 0.387 e. The minimum atomic E-state index is -3.38. The Morgan fingerprint density at radius 3 is 2.62 bits per heavy atom. The first-order valence-corrected chi connectivity index (χ1v) is 12.7. The molecule has 184 valence electrons. The zero-order chi connectivity index (χ0) is 24.7. The fourth-order valence-electron chi connectivity index (χ4n) is 5.08. The van der Waals surface area contributed by atoms with Crippen LogP contribution in [0.4, 0.5) is 28.9 Å². The highest BCUT2D eigenvalue weighted by molar-refractivity contribution is 7.91. The number of anilines is 2. The summed E-state index contributed by atoms with van der Waals surface area (Å²) in [5.74, 6) is -4.29. The minimum Gasteiger partial charge on any atom is -0.429 e. The molecule has 2 N–H and O–H groups in total. The van der Waals surface area contributed by atoms with E-state index in [1.54, 1.807) is 0 Å². The lowest BCUT2D eigenvalue weighted by Gasteiger charge is -2.35. The fraction of sp³-hybridized carbons (Fsp3) is 0.455. The largest absolute Gasteiger partial charge is 0.429 e. The molecule has 2 aliphatic rings. The molecule has 1 aliphatic carbocycles. The number of pyridine rings is 1. The van der Waals surface area contributed by atoms with E-state index in [9.17, 15) is 26.6 Å². The molecule has 1 unspecified atom stereocenters. The Morgan fingerprint density at radius 1 is 1.26 bits per heavy atom. The average molecular weight is 501 g/mol. The van der Waals surface area contributed by atoms with Crippen LogP contribution in [0.2, 0.25) is 0 Å². The van der Waals surface area contributed by atoms with E-state index >= 15 is 0 Å². The maximum absolute atomic E-state index is 14.5. The van der Waals surface area contributed by atoms with E-state index in [2.05, 4.69) is 15.0 Å². The summed E-state index contributed by atoms with van der Waals surface area (Å²) >= 11 is 0. The van der Waals surface area contributed by atoms with Crippen LogP contribution in [0, 0.1) is 21.8 Å². The summed E-state index contributed by atoms with van der Waals surface area (Å²) < 4.78 is 78.4. The predicted molar refractivity (Wildman–Crippen MR) is 118 cm³/mol. The van der Waals surface area contributed by atoms with Gasteiger partial charge in [-0.3, -0.25) is 4.79 Å². The molecule has 2 fully saturated rings. The number of alkyl halides is 2. The van der Waals surface area contributed by atoms with E-state index in [0.717, 1.165) is 25.0 Å². The number of carbonyl (C=O) groups excluding carboxylic acids is 1. The van der Waals surface area contributed by atoms with Crippen molar-refractivity contribution in [3.8, 4) is 5.75 Å². The lowest BCUT2D eigenvalue weighted by Crippen LogP contribution is -2.48.